The lowest BCUT2D eigenvalue weighted by molar-refractivity contribution is 0.475. The van der Waals surface area contributed by atoms with Crippen molar-refractivity contribution in [2.24, 2.45) is 0 Å². The van der Waals surface area contributed by atoms with E-state index < -0.39 is 0 Å². The lowest BCUT2D eigenvalue weighted by Gasteiger charge is -2.11. The molecule has 0 unspecified atom stereocenters. The molecule has 1 heterocycles. The van der Waals surface area contributed by atoms with E-state index >= 15 is 0 Å². The molecule has 1 aromatic heterocycles. The van der Waals surface area contributed by atoms with E-state index in [-0.39, 0.29) is 5.75 Å². The van der Waals surface area contributed by atoms with E-state index in [4.69, 9.17) is 0 Å². The molecule has 2 rings (SSSR count). The van der Waals surface area contributed by atoms with E-state index in [0.29, 0.717) is 6.04 Å². The third-order valence-electron chi connectivity index (χ3n) is 2.35. The number of hydrogen-bond acceptors (Lipinski definition) is 2. The molecule has 0 fully saturated rings. The zero-order chi connectivity index (χ0) is 10.8. The summed E-state index contributed by atoms with van der Waals surface area (Å²) in [6.07, 6.45) is 3.76. The molecule has 3 nitrogen and oxygen atoms in total. The molecule has 0 bridgehead atoms. The van der Waals surface area contributed by atoms with Gasteiger partial charge in [-0.05, 0) is 38.1 Å². The van der Waals surface area contributed by atoms with Gasteiger partial charge in [-0.25, -0.2) is 4.98 Å². The predicted molar refractivity (Wildman–Crippen MR) is 59.7 cm³/mol. The molecule has 1 aromatic carbocycles. The minimum Gasteiger partial charge on any atom is -0.508 e. The fourth-order valence-electron chi connectivity index (χ4n) is 1.56. The normalized spacial score (nSPS) is 10.9. The maximum atomic E-state index is 9.21. The highest BCUT2D eigenvalue weighted by atomic mass is 16.3. The van der Waals surface area contributed by atoms with Crippen molar-refractivity contribution in [2.75, 3.05) is 0 Å². The molecule has 0 aliphatic rings. The van der Waals surface area contributed by atoms with Crippen molar-refractivity contribution in [3.8, 4) is 17.1 Å². The molecule has 2 aromatic rings. The summed E-state index contributed by atoms with van der Waals surface area (Å²) in [6.45, 7) is 4.23. The first-order valence-electron chi connectivity index (χ1n) is 5.00. The van der Waals surface area contributed by atoms with Crippen molar-refractivity contribution >= 4 is 0 Å². The van der Waals surface area contributed by atoms with Gasteiger partial charge in [0.25, 0.3) is 0 Å². The van der Waals surface area contributed by atoms with E-state index in [2.05, 4.69) is 23.4 Å². The highest BCUT2D eigenvalue weighted by molar-refractivity contribution is 5.56. The average molecular weight is 202 g/mol. The summed E-state index contributed by atoms with van der Waals surface area (Å²) in [5.74, 6) is 1.21. The van der Waals surface area contributed by atoms with E-state index in [0.717, 1.165) is 11.4 Å². The number of phenols is 1. The monoisotopic (exact) mass is 202 g/mol. The van der Waals surface area contributed by atoms with Crippen molar-refractivity contribution in [1.29, 1.82) is 0 Å². The van der Waals surface area contributed by atoms with Gasteiger partial charge in [-0.1, -0.05) is 0 Å². The van der Waals surface area contributed by atoms with Crippen LogP contribution in [0.5, 0.6) is 5.75 Å². The number of aromatic hydroxyl groups is 1. The number of aromatic nitrogens is 2. The topological polar surface area (TPSA) is 38.0 Å². The number of benzene rings is 1. The van der Waals surface area contributed by atoms with Crippen molar-refractivity contribution in [3.05, 3.63) is 36.7 Å². The SMILES string of the molecule is CC(C)n1ccnc1-c1ccc(O)cc1. The Hall–Kier alpha value is -1.77. The number of imidazole rings is 1. The molecule has 0 saturated carbocycles. The number of phenolic OH excluding ortho intramolecular Hbond substituents is 1. The second-order valence-electron chi connectivity index (χ2n) is 3.80. The molecule has 0 amide bonds. The van der Waals surface area contributed by atoms with Crippen LogP contribution in [0.15, 0.2) is 36.7 Å². The van der Waals surface area contributed by atoms with Gasteiger partial charge < -0.3 is 9.67 Å². The Morgan fingerprint density at radius 3 is 2.47 bits per heavy atom. The van der Waals surface area contributed by atoms with Gasteiger partial charge in [0, 0.05) is 24.0 Å². The van der Waals surface area contributed by atoms with Gasteiger partial charge in [-0.2, -0.15) is 0 Å². The van der Waals surface area contributed by atoms with Crippen LogP contribution in [-0.2, 0) is 0 Å². The summed E-state index contributed by atoms with van der Waals surface area (Å²) in [5.41, 5.74) is 1.02. The Kier molecular flexibility index (Phi) is 2.46. The molecule has 0 aliphatic carbocycles. The zero-order valence-electron chi connectivity index (χ0n) is 8.88. The van der Waals surface area contributed by atoms with E-state index in [1.54, 1.807) is 18.3 Å². The second kappa shape index (κ2) is 3.77. The molecule has 3 heteroatoms. The lowest BCUT2D eigenvalue weighted by atomic mass is 10.2. The van der Waals surface area contributed by atoms with Crippen molar-refractivity contribution < 1.29 is 5.11 Å². The van der Waals surface area contributed by atoms with Crippen LogP contribution < -0.4 is 0 Å². The van der Waals surface area contributed by atoms with Crippen LogP contribution in [-0.4, -0.2) is 14.7 Å². The van der Waals surface area contributed by atoms with Crippen LogP contribution >= 0.6 is 0 Å². The molecule has 78 valence electrons. The van der Waals surface area contributed by atoms with Crippen molar-refractivity contribution in [1.82, 2.24) is 9.55 Å². The largest absolute Gasteiger partial charge is 0.508 e. The van der Waals surface area contributed by atoms with Crippen molar-refractivity contribution in [3.63, 3.8) is 0 Å². The summed E-state index contributed by atoms with van der Waals surface area (Å²) in [4.78, 5) is 4.32. The van der Waals surface area contributed by atoms with Gasteiger partial charge in [0.05, 0.1) is 0 Å². The fourth-order valence-corrected chi connectivity index (χ4v) is 1.56. The van der Waals surface area contributed by atoms with Crippen LogP contribution in [0.3, 0.4) is 0 Å². The molecular formula is C12H14N2O. The van der Waals surface area contributed by atoms with Crippen LogP contribution in [0.25, 0.3) is 11.4 Å². The van der Waals surface area contributed by atoms with Gasteiger partial charge in [-0.3, -0.25) is 0 Å². The first kappa shape index (κ1) is 9.77. The smallest absolute Gasteiger partial charge is 0.140 e. The van der Waals surface area contributed by atoms with E-state index in [1.165, 1.54) is 0 Å². The Morgan fingerprint density at radius 2 is 1.87 bits per heavy atom. The van der Waals surface area contributed by atoms with Gasteiger partial charge >= 0.3 is 0 Å². The maximum Gasteiger partial charge on any atom is 0.140 e. The van der Waals surface area contributed by atoms with Crippen molar-refractivity contribution in [2.45, 2.75) is 19.9 Å². The first-order chi connectivity index (χ1) is 7.18. The van der Waals surface area contributed by atoms with Crippen LogP contribution in [0.2, 0.25) is 0 Å². The molecule has 0 radical (unpaired) electrons. The van der Waals surface area contributed by atoms with Crippen LogP contribution in [0, 0.1) is 0 Å². The van der Waals surface area contributed by atoms with Gasteiger partial charge in [0.1, 0.15) is 11.6 Å². The standard InChI is InChI=1S/C12H14N2O/c1-9(2)14-8-7-13-12(14)10-3-5-11(15)6-4-10/h3-9,15H,1-2H3. The molecule has 0 spiro atoms. The molecule has 0 saturated heterocycles. The third kappa shape index (κ3) is 1.86. The van der Waals surface area contributed by atoms with E-state index in [9.17, 15) is 5.11 Å². The number of nitrogens with zero attached hydrogens (tertiary/aromatic N) is 2. The highest BCUT2D eigenvalue weighted by Gasteiger charge is 2.07. The summed E-state index contributed by atoms with van der Waals surface area (Å²) in [7, 11) is 0. The quantitative estimate of drug-likeness (QED) is 0.813. The first-order valence-corrected chi connectivity index (χ1v) is 5.00. The highest BCUT2D eigenvalue weighted by Crippen LogP contribution is 2.22. The average Bonchev–Trinajstić information content (AvgIpc) is 2.67. The molecule has 0 aliphatic heterocycles. The molecule has 0 atom stereocenters. The van der Waals surface area contributed by atoms with E-state index in [1.807, 2.05) is 18.3 Å². The van der Waals surface area contributed by atoms with Crippen LogP contribution in [0.4, 0.5) is 0 Å². The minimum atomic E-state index is 0.279. The van der Waals surface area contributed by atoms with Gasteiger partial charge in [-0.15, -0.1) is 0 Å². The summed E-state index contributed by atoms with van der Waals surface area (Å²) < 4.78 is 2.10. The number of hydrogen-bond donors (Lipinski definition) is 1. The Balaban J connectivity index is 2.45. The Labute approximate surface area is 89.0 Å². The minimum absolute atomic E-state index is 0.279. The molecular weight excluding hydrogens is 188 g/mol. The number of rotatable bonds is 2. The third-order valence-corrected chi connectivity index (χ3v) is 2.35. The zero-order valence-corrected chi connectivity index (χ0v) is 8.88. The van der Waals surface area contributed by atoms with Crippen LogP contribution in [0.1, 0.15) is 19.9 Å². The van der Waals surface area contributed by atoms with Gasteiger partial charge in [0.2, 0.25) is 0 Å². The molecule has 15 heavy (non-hydrogen) atoms. The Bertz CT molecular complexity index is 443. The summed E-state index contributed by atoms with van der Waals surface area (Å²) in [6, 6.07) is 7.48. The summed E-state index contributed by atoms with van der Waals surface area (Å²) >= 11 is 0. The predicted octanol–water partition coefficient (Wildman–Crippen LogP) is 2.84. The lowest BCUT2D eigenvalue weighted by Crippen LogP contribution is -2.01. The second-order valence-corrected chi connectivity index (χ2v) is 3.80. The fraction of sp³-hybridized carbons (Fsp3) is 0.250. The maximum absolute atomic E-state index is 9.21. The Morgan fingerprint density at radius 1 is 1.20 bits per heavy atom. The van der Waals surface area contributed by atoms with Gasteiger partial charge in [0.15, 0.2) is 0 Å². The summed E-state index contributed by atoms with van der Waals surface area (Å²) in [5, 5.41) is 9.21. The molecule has 1 N–H and O–H groups in total.